The maximum absolute atomic E-state index is 12.5. The molecule has 0 aliphatic carbocycles. The van der Waals surface area contributed by atoms with Crippen molar-refractivity contribution in [3.05, 3.63) is 28.6 Å². The van der Waals surface area contributed by atoms with Crippen LogP contribution in [-0.4, -0.2) is 49.6 Å². The third kappa shape index (κ3) is 2.29. The van der Waals surface area contributed by atoms with Gasteiger partial charge in [-0.3, -0.25) is 9.59 Å². The van der Waals surface area contributed by atoms with Gasteiger partial charge in [0.1, 0.15) is 5.56 Å². The number of hydrogen-bond donors (Lipinski definition) is 1. The molecule has 1 aliphatic heterocycles. The van der Waals surface area contributed by atoms with Gasteiger partial charge in [0.2, 0.25) is 0 Å². The van der Waals surface area contributed by atoms with Crippen molar-refractivity contribution in [3.8, 4) is 0 Å². The number of carbonyl (C=O) groups is 2. The Balaban J connectivity index is 1.90. The predicted octanol–water partition coefficient (Wildman–Crippen LogP) is 1.43. The van der Waals surface area contributed by atoms with Crippen molar-refractivity contribution >= 4 is 33.5 Å². The Morgan fingerprint density at radius 3 is 2.86 bits per heavy atom. The van der Waals surface area contributed by atoms with Crippen molar-refractivity contribution in [1.29, 1.82) is 0 Å². The minimum absolute atomic E-state index is 0.203. The Hall–Kier alpha value is -1.96. The first-order valence-electron chi connectivity index (χ1n) is 6.42. The highest BCUT2D eigenvalue weighted by atomic mass is 79.9. The van der Waals surface area contributed by atoms with Gasteiger partial charge in [0.05, 0.1) is 16.1 Å². The predicted molar refractivity (Wildman–Crippen MR) is 77.0 cm³/mol. The van der Waals surface area contributed by atoms with Crippen LogP contribution in [0.15, 0.2) is 23.1 Å². The summed E-state index contributed by atoms with van der Waals surface area (Å²) in [6, 6.07) is 0. The fourth-order valence-corrected chi connectivity index (χ4v) is 2.78. The lowest BCUT2D eigenvalue weighted by Gasteiger charge is -2.19. The lowest BCUT2D eigenvalue weighted by atomic mass is 9.90. The van der Waals surface area contributed by atoms with Crippen molar-refractivity contribution in [1.82, 2.24) is 19.5 Å². The van der Waals surface area contributed by atoms with Crippen LogP contribution in [0.2, 0.25) is 0 Å². The van der Waals surface area contributed by atoms with E-state index in [1.165, 1.54) is 10.7 Å². The van der Waals surface area contributed by atoms with Gasteiger partial charge < -0.3 is 10.0 Å². The molecule has 0 radical (unpaired) electrons. The topological polar surface area (TPSA) is 87.8 Å². The SMILES string of the molecule is CC1(C(=O)O)CCN(C(=O)c2cnn3cc(Br)cnc23)C1. The van der Waals surface area contributed by atoms with E-state index in [1.54, 1.807) is 24.2 Å². The number of halogens is 1. The van der Waals surface area contributed by atoms with E-state index in [2.05, 4.69) is 26.0 Å². The van der Waals surface area contributed by atoms with Gasteiger partial charge in [0.25, 0.3) is 5.91 Å². The van der Waals surface area contributed by atoms with Gasteiger partial charge in [-0.2, -0.15) is 5.10 Å². The highest BCUT2D eigenvalue weighted by Crippen LogP contribution is 2.31. The lowest BCUT2D eigenvalue weighted by molar-refractivity contribution is -0.147. The molecule has 1 amide bonds. The van der Waals surface area contributed by atoms with Crippen molar-refractivity contribution in [2.75, 3.05) is 13.1 Å². The number of likely N-dealkylation sites (tertiary alicyclic amines) is 1. The lowest BCUT2D eigenvalue weighted by Crippen LogP contribution is -2.34. The van der Waals surface area contributed by atoms with Crippen LogP contribution < -0.4 is 0 Å². The van der Waals surface area contributed by atoms with Crippen LogP contribution in [0.3, 0.4) is 0 Å². The first-order valence-corrected chi connectivity index (χ1v) is 7.21. The van der Waals surface area contributed by atoms with Crippen LogP contribution >= 0.6 is 15.9 Å². The summed E-state index contributed by atoms with van der Waals surface area (Å²) in [5.74, 6) is -1.11. The van der Waals surface area contributed by atoms with Crippen molar-refractivity contribution < 1.29 is 14.7 Å². The Labute approximate surface area is 128 Å². The first kappa shape index (κ1) is 14.0. The van der Waals surface area contributed by atoms with Gasteiger partial charge in [-0.25, -0.2) is 9.50 Å². The third-order valence-electron chi connectivity index (χ3n) is 3.83. The van der Waals surface area contributed by atoms with Crippen LogP contribution in [0.25, 0.3) is 5.65 Å². The molecule has 3 rings (SSSR count). The van der Waals surface area contributed by atoms with E-state index in [-0.39, 0.29) is 12.5 Å². The van der Waals surface area contributed by atoms with Crippen LogP contribution in [0, 0.1) is 5.41 Å². The summed E-state index contributed by atoms with van der Waals surface area (Å²) in [5.41, 5.74) is -0.0287. The molecule has 3 heterocycles. The Kier molecular flexibility index (Phi) is 3.20. The molecule has 1 atom stereocenters. The van der Waals surface area contributed by atoms with E-state index in [0.717, 1.165) is 4.47 Å². The number of carboxylic acid groups (broad SMARTS) is 1. The molecule has 0 bridgehead atoms. The average molecular weight is 353 g/mol. The normalized spacial score (nSPS) is 21.9. The molecule has 7 nitrogen and oxygen atoms in total. The smallest absolute Gasteiger partial charge is 0.311 e. The molecule has 110 valence electrons. The minimum Gasteiger partial charge on any atom is -0.481 e. The Morgan fingerprint density at radius 2 is 2.19 bits per heavy atom. The number of hydrogen-bond acceptors (Lipinski definition) is 4. The van der Waals surface area contributed by atoms with Crippen LogP contribution in [-0.2, 0) is 4.79 Å². The molecule has 1 N–H and O–H groups in total. The Morgan fingerprint density at radius 1 is 1.43 bits per heavy atom. The average Bonchev–Trinajstić information content (AvgIpc) is 3.02. The van der Waals surface area contributed by atoms with Gasteiger partial charge in [0.15, 0.2) is 5.65 Å². The zero-order chi connectivity index (χ0) is 15.2. The van der Waals surface area contributed by atoms with E-state index < -0.39 is 11.4 Å². The van der Waals surface area contributed by atoms with E-state index in [4.69, 9.17) is 0 Å². The molecule has 1 unspecified atom stereocenters. The molecule has 1 fully saturated rings. The summed E-state index contributed by atoms with van der Waals surface area (Å²) in [6.07, 6.45) is 5.23. The highest BCUT2D eigenvalue weighted by Gasteiger charge is 2.42. The molecule has 0 spiro atoms. The molecule has 0 saturated carbocycles. The number of aromatic nitrogens is 3. The second-order valence-corrected chi connectivity index (χ2v) is 6.36. The standard InChI is InChI=1S/C13H13BrN4O3/c1-13(12(20)21)2-3-17(7-13)11(19)9-5-16-18-6-8(14)4-15-10(9)18/h4-6H,2-3,7H2,1H3,(H,20,21). The number of carboxylic acids is 1. The number of aliphatic carboxylic acids is 1. The third-order valence-corrected chi connectivity index (χ3v) is 4.24. The fourth-order valence-electron chi connectivity index (χ4n) is 2.48. The number of nitrogens with zero attached hydrogens (tertiary/aromatic N) is 4. The monoisotopic (exact) mass is 352 g/mol. The zero-order valence-corrected chi connectivity index (χ0v) is 12.9. The fraction of sp³-hybridized carbons (Fsp3) is 0.385. The number of carbonyl (C=O) groups excluding carboxylic acids is 1. The second kappa shape index (κ2) is 4.80. The van der Waals surface area contributed by atoms with Gasteiger partial charge in [0, 0.05) is 25.5 Å². The van der Waals surface area contributed by atoms with Crippen LogP contribution in [0.5, 0.6) is 0 Å². The maximum Gasteiger partial charge on any atom is 0.311 e. The summed E-state index contributed by atoms with van der Waals surface area (Å²) in [5, 5.41) is 13.3. The van der Waals surface area contributed by atoms with Crippen LogP contribution in [0.4, 0.5) is 0 Å². The molecule has 2 aromatic heterocycles. The van der Waals surface area contributed by atoms with Gasteiger partial charge >= 0.3 is 5.97 Å². The summed E-state index contributed by atoms with van der Waals surface area (Å²) < 4.78 is 2.28. The van der Waals surface area contributed by atoms with Crippen molar-refractivity contribution in [2.24, 2.45) is 5.41 Å². The molecular weight excluding hydrogens is 340 g/mol. The molecule has 21 heavy (non-hydrogen) atoms. The van der Waals surface area contributed by atoms with E-state index in [0.29, 0.717) is 24.2 Å². The summed E-state index contributed by atoms with van der Waals surface area (Å²) in [7, 11) is 0. The van der Waals surface area contributed by atoms with E-state index >= 15 is 0 Å². The van der Waals surface area contributed by atoms with Crippen LogP contribution in [0.1, 0.15) is 23.7 Å². The maximum atomic E-state index is 12.5. The Bertz CT molecular complexity index is 744. The summed E-state index contributed by atoms with van der Waals surface area (Å²) in [4.78, 5) is 29.5. The van der Waals surface area contributed by atoms with Gasteiger partial charge in [-0.15, -0.1) is 0 Å². The number of rotatable bonds is 2. The second-order valence-electron chi connectivity index (χ2n) is 5.44. The minimum atomic E-state index is -0.880. The van der Waals surface area contributed by atoms with E-state index in [9.17, 15) is 14.7 Å². The van der Waals surface area contributed by atoms with Crippen molar-refractivity contribution in [2.45, 2.75) is 13.3 Å². The molecule has 2 aromatic rings. The first-order chi connectivity index (χ1) is 9.90. The molecular formula is C13H13BrN4O3. The molecule has 0 aromatic carbocycles. The number of amides is 1. The van der Waals surface area contributed by atoms with Crippen molar-refractivity contribution in [3.63, 3.8) is 0 Å². The molecule has 1 aliphatic rings. The quantitative estimate of drug-likeness (QED) is 0.883. The van der Waals surface area contributed by atoms with Gasteiger partial charge in [-0.1, -0.05) is 0 Å². The highest BCUT2D eigenvalue weighted by molar-refractivity contribution is 9.10. The largest absolute Gasteiger partial charge is 0.481 e. The molecule has 8 heteroatoms. The summed E-state index contributed by atoms with van der Waals surface area (Å²) in [6.45, 7) is 2.29. The molecule has 1 saturated heterocycles. The van der Waals surface area contributed by atoms with Gasteiger partial charge in [-0.05, 0) is 29.3 Å². The summed E-state index contributed by atoms with van der Waals surface area (Å²) >= 11 is 3.29. The number of fused-ring (bicyclic) bond motifs is 1. The zero-order valence-electron chi connectivity index (χ0n) is 11.3. The van der Waals surface area contributed by atoms with E-state index in [1.807, 2.05) is 0 Å².